The number of esters is 1. The van der Waals surface area contributed by atoms with E-state index in [-0.39, 0.29) is 22.2 Å². The van der Waals surface area contributed by atoms with Crippen LogP contribution in [0, 0.1) is 0 Å². The summed E-state index contributed by atoms with van der Waals surface area (Å²) in [7, 11) is 0. The van der Waals surface area contributed by atoms with Gasteiger partial charge < -0.3 is 14.5 Å². The number of carbonyl (C=O) groups excluding carboxylic acids is 2. The zero-order valence-corrected chi connectivity index (χ0v) is 15.9. The van der Waals surface area contributed by atoms with Gasteiger partial charge in [0.25, 0.3) is 5.91 Å². The minimum absolute atomic E-state index is 0.0157. The Morgan fingerprint density at radius 2 is 1.71 bits per heavy atom. The van der Waals surface area contributed by atoms with Crippen LogP contribution in [0.25, 0.3) is 11.0 Å². The SMILES string of the molecule is CC(C)(C)c1ccc(NC(=O)COC(=O)c2cc(=O)c3ccccc3o2)cc1. The van der Waals surface area contributed by atoms with Gasteiger partial charge in [0.1, 0.15) is 5.58 Å². The van der Waals surface area contributed by atoms with Gasteiger partial charge in [0.15, 0.2) is 12.0 Å². The van der Waals surface area contributed by atoms with Crippen LogP contribution in [-0.4, -0.2) is 18.5 Å². The molecule has 6 heteroatoms. The van der Waals surface area contributed by atoms with Crippen molar-refractivity contribution in [3.63, 3.8) is 0 Å². The van der Waals surface area contributed by atoms with Crippen molar-refractivity contribution < 1.29 is 18.7 Å². The lowest BCUT2D eigenvalue weighted by Crippen LogP contribution is -2.21. The maximum atomic E-state index is 12.1. The van der Waals surface area contributed by atoms with E-state index >= 15 is 0 Å². The summed E-state index contributed by atoms with van der Waals surface area (Å²) in [5.74, 6) is -1.60. The number of para-hydroxylation sites is 1. The molecule has 0 fully saturated rings. The number of rotatable bonds is 4. The number of ether oxygens (including phenoxy) is 1. The fourth-order valence-corrected chi connectivity index (χ4v) is 2.66. The molecule has 0 aliphatic heterocycles. The summed E-state index contributed by atoms with van der Waals surface area (Å²) in [6.45, 7) is 5.82. The lowest BCUT2D eigenvalue weighted by molar-refractivity contribution is -0.119. The summed E-state index contributed by atoms with van der Waals surface area (Å²) >= 11 is 0. The van der Waals surface area contributed by atoms with Crippen molar-refractivity contribution in [3.8, 4) is 0 Å². The summed E-state index contributed by atoms with van der Waals surface area (Å²) in [5.41, 5.74) is 1.69. The molecule has 1 amide bonds. The third-order valence-corrected chi connectivity index (χ3v) is 4.20. The molecule has 1 heterocycles. The molecule has 6 nitrogen and oxygen atoms in total. The van der Waals surface area contributed by atoms with Crippen molar-refractivity contribution in [1.82, 2.24) is 0 Å². The molecule has 3 rings (SSSR count). The molecule has 0 unspecified atom stereocenters. The van der Waals surface area contributed by atoms with Gasteiger partial charge in [-0.25, -0.2) is 4.79 Å². The molecule has 0 atom stereocenters. The highest BCUT2D eigenvalue weighted by Gasteiger charge is 2.16. The molecule has 0 bridgehead atoms. The summed E-state index contributed by atoms with van der Waals surface area (Å²) in [4.78, 5) is 36.2. The topological polar surface area (TPSA) is 85.6 Å². The van der Waals surface area contributed by atoms with Crippen molar-refractivity contribution in [2.75, 3.05) is 11.9 Å². The number of hydrogen-bond acceptors (Lipinski definition) is 5. The zero-order valence-electron chi connectivity index (χ0n) is 15.9. The fraction of sp³-hybridized carbons (Fsp3) is 0.227. The number of nitrogens with one attached hydrogen (secondary N) is 1. The second-order valence-corrected chi connectivity index (χ2v) is 7.42. The minimum Gasteiger partial charge on any atom is -0.450 e. The molecule has 0 aliphatic rings. The Labute approximate surface area is 162 Å². The largest absolute Gasteiger partial charge is 0.450 e. The Kier molecular flexibility index (Phi) is 5.31. The van der Waals surface area contributed by atoms with Crippen LogP contribution in [0.1, 0.15) is 36.9 Å². The monoisotopic (exact) mass is 379 g/mol. The van der Waals surface area contributed by atoms with Crippen LogP contribution in [0.15, 0.2) is 63.8 Å². The van der Waals surface area contributed by atoms with Gasteiger partial charge in [-0.1, -0.05) is 45.0 Å². The molecule has 28 heavy (non-hydrogen) atoms. The second kappa shape index (κ2) is 7.68. The van der Waals surface area contributed by atoms with Crippen molar-refractivity contribution in [3.05, 3.63) is 76.1 Å². The van der Waals surface area contributed by atoms with Crippen LogP contribution < -0.4 is 10.7 Å². The van der Waals surface area contributed by atoms with Crippen LogP contribution >= 0.6 is 0 Å². The van der Waals surface area contributed by atoms with Crippen molar-refractivity contribution in [2.24, 2.45) is 0 Å². The normalized spacial score (nSPS) is 11.2. The van der Waals surface area contributed by atoms with E-state index in [0.717, 1.165) is 11.6 Å². The lowest BCUT2D eigenvalue weighted by atomic mass is 9.87. The molecule has 1 aromatic heterocycles. The predicted molar refractivity (Wildman–Crippen MR) is 107 cm³/mol. The Morgan fingerprint density at radius 1 is 1.04 bits per heavy atom. The van der Waals surface area contributed by atoms with Gasteiger partial charge >= 0.3 is 5.97 Å². The van der Waals surface area contributed by atoms with Gasteiger partial charge in [-0.05, 0) is 35.2 Å². The smallest absolute Gasteiger partial charge is 0.374 e. The predicted octanol–water partition coefficient (Wildman–Crippen LogP) is 3.89. The number of fused-ring (bicyclic) bond motifs is 1. The quantitative estimate of drug-likeness (QED) is 0.695. The first-order valence-corrected chi connectivity index (χ1v) is 8.84. The van der Waals surface area contributed by atoms with Crippen molar-refractivity contribution >= 4 is 28.5 Å². The van der Waals surface area contributed by atoms with E-state index in [4.69, 9.17) is 9.15 Å². The highest BCUT2D eigenvalue weighted by atomic mass is 16.5. The van der Waals surface area contributed by atoms with E-state index < -0.39 is 18.5 Å². The summed E-state index contributed by atoms with van der Waals surface area (Å²) < 4.78 is 10.4. The maximum Gasteiger partial charge on any atom is 0.374 e. The third-order valence-electron chi connectivity index (χ3n) is 4.20. The maximum absolute atomic E-state index is 12.1. The molecule has 3 aromatic rings. The molecule has 0 saturated heterocycles. The number of benzene rings is 2. The zero-order chi connectivity index (χ0) is 20.3. The Hall–Kier alpha value is -3.41. The lowest BCUT2D eigenvalue weighted by Gasteiger charge is -2.19. The highest BCUT2D eigenvalue weighted by molar-refractivity contribution is 5.95. The van der Waals surface area contributed by atoms with E-state index in [9.17, 15) is 14.4 Å². The van der Waals surface area contributed by atoms with Crippen LogP contribution in [0.2, 0.25) is 0 Å². The molecule has 0 radical (unpaired) electrons. The first kappa shape index (κ1) is 19.4. The number of carbonyl (C=O) groups is 2. The first-order valence-electron chi connectivity index (χ1n) is 8.84. The minimum atomic E-state index is -0.874. The van der Waals surface area contributed by atoms with Gasteiger partial charge in [-0.2, -0.15) is 0 Å². The summed E-state index contributed by atoms with van der Waals surface area (Å²) in [6.07, 6.45) is 0. The molecule has 0 aliphatic carbocycles. The second-order valence-electron chi connectivity index (χ2n) is 7.42. The van der Waals surface area contributed by atoms with E-state index in [2.05, 4.69) is 26.1 Å². The number of amides is 1. The van der Waals surface area contributed by atoms with E-state index in [1.807, 2.05) is 12.1 Å². The van der Waals surface area contributed by atoms with Crippen LogP contribution in [0.4, 0.5) is 5.69 Å². The summed E-state index contributed by atoms with van der Waals surface area (Å²) in [5, 5.41) is 3.03. The molecule has 2 aromatic carbocycles. The average molecular weight is 379 g/mol. The van der Waals surface area contributed by atoms with E-state index in [1.165, 1.54) is 0 Å². The Bertz CT molecular complexity index is 1070. The molecular formula is C22H21NO5. The van der Waals surface area contributed by atoms with Gasteiger partial charge in [0.05, 0.1) is 5.39 Å². The van der Waals surface area contributed by atoms with Gasteiger partial charge in [-0.15, -0.1) is 0 Å². The van der Waals surface area contributed by atoms with Gasteiger partial charge in [-0.3, -0.25) is 9.59 Å². The molecular weight excluding hydrogens is 358 g/mol. The number of hydrogen-bond donors (Lipinski definition) is 1. The number of anilines is 1. The van der Waals surface area contributed by atoms with Crippen LogP contribution in [0.3, 0.4) is 0 Å². The molecule has 144 valence electrons. The first-order chi connectivity index (χ1) is 13.2. The standard InChI is InChI=1S/C22H21NO5/c1-22(2,3)14-8-10-15(11-9-14)23-20(25)13-27-21(26)19-12-17(24)16-6-4-5-7-18(16)28-19/h4-12H,13H2,1-3H3,(H,23,25). The van der Waals surface area contributed by atoms with Crippen LogP contribution in [-0.2, 0) is 14.9 Å². The van der Waals surface area contributed by atoms with Crippen LogP contribution in [0.5, 0.6) is 0 Å². The summed E-state index contributed by atoms with van der Waals surface area (Å²) in [6, 6.07) is 15.1. The van der Waals surface area contributed by atoms with Crippen molar-refractivity contribution in [2.45, 2.75) is 26.2 Å². The van der Waals surface area contributed by atoms with E-state index in [0.29, 0.717) is 11.1 Å². The Balaban J connectivity index is 1.61. The Morgan fingerprint density at radius 3 is 2.39 bits per heavy atom. The molecule has 0 spiro atoms. The molecule has 1 N–H and O–H groups in total. The van der Waals surface area contributed by atoms with E-state index in [1.54, 1.807) is 36.4 Å². The van der Waals surface area contributed by atoms with Crippen molar-refractivity contribution in [1.29, 1.82) is 0 Å². The van der Waals surface area contributed by atoms with Gasteiger partial charge in [0.2, 0.25) is 5.76 Å². The third kappa shape index (κ3) is 4.46. The fourth-order valence-electron chi connectivity index (χ4n) is 2.66. The highest BCUT2D eigenvalue weighted by Crippen LogP contribution is 2.23. The molecule has 0 saturated carbocycles. The van der Waals surface area contributed by atoms with Gasteiger partial charge in [0, 0.05) is 11.8 Å². The average Bonchev–Trinajstić information content (AvgIpc) is 2.66.